The molecule has 0 radical (unpaired) electrons. The Kier molecular flexibility index (Phi) is 4.39. The maximum absolute atomic E-state index is 14.2. The molecule has 0 spiro atoms. The molecule has 1 saturated carbocycles. The summed E-state index contributed by atoms with van der Waals surface area (Å²) < 4.78 is 33.2. The minimum absolute atomic E-state index is 0.0531. The van der Waals surface area contributed by atoms with Gasteiger partial charge in [-0.3, -0.25) is 0 Å². The number of carbonyl (C=O) groups excluding carboxylic acids is 1. The van der Waals surface area contributed by atoms with Gasteiger partial charge in [0.25, 0.3) is 0 Å². The Morgan fingerprint density at radius 1 is 1.12 bits per heavy atom. The number of carboxylic acids is 1. The zero-order chi connectivity index (χ0) is 18.0. The molecule has 0 heterocycles. The van der Waals surface area contributed by atoms with E-state index in [9.17, 15) is 18.4 Å². The number of ether oxygens (including phenoxy) is 1. The van der Waals surface area contributed by atoms with E-state index in [1.165, 1.54) is 0 Å². The van der Waals surface area contributed by atoms with Crippen molar-refractivity contribution >= 4 is 12.1 Å². The molecule has 2 N–H and O–H groups in total. The Labute approximate surface area is 142 Å². The van der Waals surface area contributed by atoms with E-state index in [0.717, 1.165) is 11.6 Å². The van der Waals surface area contributed by atoms with Crippen molar-refractivity contribution < 1.29 is 28.2 Å². The molecule has 0 atom stereocenters. The van der Waals surface area contributed by atoms with Gasteiger partial charge in [0.1, 0.15) is 18.2 Å². The van der Waals surface area contributed by atoms with Crippen molar-refractivity contribution in [1.29, 1.82) is 0 Å². The molecule has 1 aliphatic rings. The molecule has 2 aromatic carbocycles. The van der Waals surface area contributed by atoms with E-state index in [0.29, 0.717) is 18.9 Å². The molecule has 2 aromatic rings. The summed E-state index contributed by atoms with van der Waals surface area (Å²) in [6.45, 7) is 0.0531. The molecule has 1 fully saturated rings. The van der Waals surface area contributed by atoms with Gasteiger partial charge in [-0.25, -0.2) is 18.4 Å². The molecular weight excluding hydrogens is 332 g/mol. The van der Waals surface area contributed by atoms with Crippen LogP contribution in [0.5, 0.6) is 0 Å². The Hall–Kier alpha value is -2.96. The van der Waals surface area contributed by atoms with Crippen LogP contribution >= 0.6 is 0 Å². The van der Waals surface area contributed by atoms with Crippen LogP contribution < -0.4 is 5.32 Å². The topological polar surface area (TPSA) is 75.6 Å². The fourth-order valence-electron chi connectivity index (χ4n) is 2.62. The number of halogens is 2. The van der Waals surface area contributed by atoms with E-state index in [1.807, 2.05) is 6.07 Å². The number of hydrogen-bond donors (Lipinski definition) is 2. The van der Waals surface area contributed by atoms with Crippen LogP contribution in [-0.2, 0) is 16.9 Å². The average molecular weight is 347 g/mol. The van der Waals surface area contributed by atoms with Crippen LogP contribution in [0.2, 0.25) is 0 Å². The molecule has 0 saturated heterocycles. The third-order valence-corrected chi connectivity index (χ3v) is 4.11. The van der Waals surface area contributed by atoms with E-state index in [1.54, 1.807) is 24.3 Å². The Morgan fingerprint density at radius 2 is 1.80 bits per heavy atom. The fraction of sp³-hybridized carbons (Fsp3) is 0.222. The second kappa shape index (κ2) is 6.51. The van der Waals surface area contributed by atoms with E-state index in [4.69, 9.17) is 9.84 Å². The van der Waals surface area contributed by atoms with Gasteiger partial charge in [0.05, 0.1) is 11.1 Å². The number of carbonyl (C=O) groups is 2. The second-order valence-electron chi connectivity index (χ2n) is 5.89. The minimum atomic E-state index is -1.55. The summed E-state index contributed by atoms with van der Waals surface area (Å²) in [5.74, 6) is -3.47. The predicted molar refractivity (Wildman–Crippen MR) is 84.0 cm³/mol. The van der Waals surface area contributed by atoms with Gasteiger partial charge in [-0.15, -0.1) is 0 Å². The van der Waals surface area contributed by atoms with Gasteiger partial charge in [-0.2, -0.15) is 0 Å². The van der Waals surface area contributed by atoms with E-state index in [2.05, 4.69) is 5.32 Å². The third-order valence-electron chi connectivity index (χ3n) is 4.11. The zero-order valence-corrected chi connectivity index (χ0v) is 13.1. The number of benzene rings is 2. The smallest absolute Gasteiger partial charge is 0.408 e. The normalized spacial score (nSPS) is 14.6. The molecule has 5 nitrogen and oxygen atoms in total. The Balaban J connectivity index is 1.71. The largest absolute Gasteiger partial charge is 0.478 e. The lowest BCUT2D eigenvalue weighted by Gasteiger charge is -2.19. The van der Waals surface area contributed by atoms with Gasteiger partial charge in [-0.05, 0) is 30.5 Å². The highest BCUT2D eigenvalue weighted by atomic mass is 19.1. The molecule has 0 aliphatic heterocycles. The lowest BCUT2D eigenvalue weighted by Crippen LogP contribution is -2.36. The summed E-state index contributed by atoms with van der Waals surface area (Å²) in [5.41, 5.74) is -1.09. The van der Waals surface area contributed by atoms with Crippen molar-refractivity contribution in [3.63, 3.8) is 0 Å². The summed E-state index contributed by atoms with van der Waals surface area (Å²) in [7, 11) is 0. The lowest BCUT2D eigenvalue weighted by atomic mass is 10.0. The first-order valence-electron chi connectivity index (χ1n) is 7.63. The van der Waals surface area contributed by atoms with Crippen LogP contribution in [0.1, 0.15) is 34.3 Å². The SMILES string of the molecule is O=C(NC1(c2cc(F)c(C(=O)O)cc2F)CC1)OCc1ccccc1. The van der Waals surface area contributed by atoms with Crippen molar-refractivity contribution in [2.75, 3.05) is 0 Å². The average Bonchev–Trinajstić information content (AvgIpc) is 3.36. The Bertz CT molecular complexity index is 819. The van der Waals surface area contributed by atoms with Crippen LogP contribution in [0.3, 0.4) is 0 Å². The molecule has 130 valence electrons. The highest BCUT2D eigenvalue weighted by molar-refractivity contribution is 5.88. The summed E-state index contributed by atoms with van der Waals surface area (Å²) in [6, 6.07) is 10.5. The molecule has 0 aromatic heterocycles. The second-order valence-corrected chi connectivity index (χ2v) is 5.89. The molecule has 0 bridgehead atoms. The summed E-state index contributed by atoms with van der Waals surface area (Å²) >= 11 is 0. The standard InChI is InChI=1S/C18H15F2NO4/c19-14-9-13(15(20)8-12(14)16(22)23)18(6-7-18)21-17(24)25-10-11-4-2-1-3-5-11/h1-5,8-9H,6-7,10H2,(H,21,24)(H,22,23). The number of rotatable bonds is 5. The van der Waals surface area contributed by atoms with Crippen molar-refractivity contribution in [2.45, 2.75) is 25.0 Å². The van der Waals surface area contributed by atoms with Gasteiger partial charge < -0.3 is 15.2 Å². The molecule has 7 heteroatoms. The maximum atomic E-state index is 14.2. The van der Waals surface area contributed by atoms with Crippen molar-refractivity contribution in [3.05, 3.63) is 70.8 Å². The monoisotopic (exact) mass is 347 g/mol. The number of carboxylic acid groups (broad SMARTS) is 1. The molecule has 25 heavy (non-hydrogen) atoms. The van der Waals surface area contributed by atoms with Gasteiger partial charge in [0.15, 0.2) is 0 Å². The molecule has 1 amide bonds. The fourth-order valence-corrected chi connectivity index (χ4v) is 2.62. The van der Waals surface area contributed by atoms with Gasteiger partial charge in [0.2, 0.25) is 0 Å². The number of aromatic carboxylic acids is 1. The predicted octanol–water partition coefficient (Wildman–Crippen LogP) is 3.58. The lowest BCUT2D eigenvalue weighted by molar-refractivity contribution is 0.0691. The molecule has 3 rings (SSSR count). The van der Waals surface area contributed by atoms with Gasteiger partial charge >= 0.3 is 12.1 Å². The molecule has 1 aliphatic carbocycles. The highest BCUT2D eigenvalue weighted by Gasteiger charge is 2.48. The first-order valence-corrected chi connectivity index (χ1v) is 7.63. The minimum Gasteiger partial charge on any atom is -0.478 e. The van der Waals surface area contributed by atoms with Crippen LogP contribution in [-0.4, -0.2) is 17.2 Å². The first kappa shape index (κ1) is 16.9. The van der Waals surface area contributed by atoms with Crippen LogP contribution in [0.25, 0.3) is 0 Å². The third kappa shape index (κ3) is 3.60. The van der Waals surface area contributed by atoms with E-state index >= 15 is 0 Å². The highest BCUT2D eigenvalue weighted by Crippen LogP contribution is 2.47. The quantitative estimate of drug-likeness (QED) is 0.867. The number of alkyl carbamates (subject to hydrolysis) is 1. The van der Waals surface area contributed by atoms with Crippen molar-refractivity contribution in [1.82, 2.24) is 5.32 Å². The zero-order valence-electron chi connectivity index (χ0n) is 13.1. The van der Waals surface area contributed by atoms with Gasteiger partial charge in [-0.1, -0.05) is 30.3 Å². The number of amides is 1. The summed E-state index contributed by atoms with van der Waals surface area (Å²) in [5, 5.41) is 11.4. The molecule has 0 unspecified atom stereocenters. The number of hydrogen-bond acceptors (Lipinski definition) is 3. The summed E-state index contributed by atoms with van der Waals surface area (Å²) in [6.07, 6.45) is 0.0790. The van der Waals surface area contributed by atoms with Crippen molar-refractivity contribution in [2.24, 2.45) is 0 Å². The summed E-state index contributed by atoms with van der Waals surface area (Å²) in [4.78, 5) is 22.8. The first-order chi connectivity index (χ1) is 11.9. The maximum Gasteiger partial charge on any atom is 0.408 e. The molecular formula is C18H15F2NO4. The van der Waals surface area contributed by atoms with E-state index < -0.39 is 34.8 Å². The van der Waals surface area contributed by atoms with Crippen LogP contribution in [0.4, 0.5) is 13.6 Å². The van der Waals surface area contributed by atoms with Crippen LogP contribution in [0, 0.1) is 11.6 Å². The van der Waals surface area contributed by atoms with Crippen molar-refractivity contribution in [3.8, 4) is 0 Å². The van der Waals surface area contributed by atoms with E-state index in [-0.39, 0.29) is 12.2 Å². The Morgan fingerprint density at radius 3 is 2.40 bits per heavy atom. The number of nitrogens with one attached hydrogen (secondary N) is 1. The van der Waals surface area contributed by atoms with Gasteiger partial charge in [0, 0.05) is 5.56 Å². The van der Waals surface area contributed by atoms with Crippen LogP contribution in [0.15, 0.2) is 42.5 Å².